The predicted octanol–water partition coefficient (Wildman–Crippen LogP) is 3.92. The van der Waals surface area contributed by atoms with E-state index in [1.54, 1.807) is 0 Å². The molecular weight excluding hydrogens is 144 g/mol. The summed E-state index contributed by atoms with van der Waals surface area (Å²) in [6.45, 7) is 0. The molecular formula is C12H20. The first-order chi connectivity index (χ1) is 5.97. The molecule has 0 aromatic carbocycles. The third-order valence-corrected chi connectivity index (χ3v) is 3.46. The number of hydrogen-bond acceptors (Lipinski definition) is 0. The molecule has 0 aromatic rings. The highest BCUT2D eigenvalue weighted by atomic mass is 14.3. The fraction of sp³-hybridized carbons (Fsp3) is 0.833. The van der Waals surface area contributed by atoms with E-state index in [1.807, 2.05) is 5.92 Å². The largest absolute Gasteiger partial charge is 0.0533 e. The van der Waals surface area contributed by atoms with E-state index in [0.717, 1.165) is 5.92 Å². The van der Waals surface area contributed by atoms with Crippen LogP contribution in [0.25, 0.3) is 0 Å². The van der Waals surface area contributed by atoms with E-state index in [0.29, 0.717) is 0 Å². The molecule has 2 aliphatic carbocycles. The van der Waals surface area contributed by atoms with Crippen molar-refractivity contribution in [3.8, 4) is 0 Å². The number of hydrogen-bond donors (Lipinski definition) is 0. The van der Waals surface area contributed by atoms with Crippen molar-refractivity contribution in [2.45, 2.75) is 57.8 Å². The van der Waals surface area contributed by atoms with Crippen LogP contribution in [0, 0.1) is 18.3 Å². The fourth-order valence-electron chi connectivity index (χ4n) is 2.71. The van der Waals surface area contributed by atoms with Gasteiger partial charge < -0.3 is 0 Å². The second-order valence-corrected chi connectivity index (χ2v) is 4.36. The second-order valence-electron chi connectivity index (χ2n) is 4.36. The summed E-state index contributed by atoms with van der Waals surface area (Å²) in [5.74, 6) is 2.82. The molecule has 12 heavy (non-hydrogen) atoms. The minimum Gasteiger partial charge on any atom is -0.0533 e. The predicted molar refractivity (Wildman–Crippen MR) is 52.6 cm³/mol. The van der Waals surface area contributed by atoms with E-state index < -0.39 is 0 Å². The molecule has 0 amide bonds. The first-order valence-corrected chi connectivity index (χ1v) is 5.66. The molecule has 0 N–H and O–H groups in total. The van der Waals surface area contributed by atoms with Gasteiger partial charge in [-0.25, -0.2) is 0 Å². The maximum absolute atomic E-state index is 2.54. The minimum absolute atomic E-state index is 0.999. The van der Waals surface area contributed by atoms with Crippen LogP contribution < -0.4 is 0 Å². The van der Waals surface area contributed by atoms with Crippen molar-refractivity contribution in [3.63, 3.8) is 0 Å². The molecule has 0 aliphatic heterocycles. The zero-order valence-electron chi connectivity index (χ0n) is 8.02. The van der Waals surface area contributed by atoms with Crippen LogP contribution in [0.15, 0.2) is 0 Å². The first kappa shape index (κ1) is 8.59. The molecule has 0 bridgehead atoms. The van der Waals surface area contributed by atoms with Crippen LogP contribution in [0.4, 0.5) is 0 Å². The quantitative estimate of drug-likeness (QED) is 0.551. The lowest BCUT2D eigenvalue weighted by Crippen LogP contribution is -2.18. The zero-order valence-corrected chi connectivity index (χ0v) is 8.02. The van der Waals surface area contributed by atoms with Gasteiger partial charge in [0.2, 0.25) is 0 Å². The van der Waals surface area contributed by atoms with Gasteiger partial charge in [0.05, 0.1) is 0 Å². The molecule has 68 valence electrons. The topological polar surface area (TPSA) is 0 Å². The Labute approximate surface area is 76.7 Å². The summed E-state index contributed by atoms with van der Waals surface area (Å²) >= 11 is 0. The van der Waals surface area contributed by atoms with Crippen LogP contribution in [0.2, 0.25) is 0 Å². The van der Waals surface area contributed by atoms with Crippen molar-refractivity contribution < 1.29 is 0 Å². The summed E-state index contributed by atoms with van der Waals surface area (Å²) in [7, 11) is 0. The molecule has 2 rings (SSSR count). The maximum atomic E-state index is 2.54. The monoisotopic (exact) mass is 164 g/mol. The molecule has 0 heteroatoms. The van der Waals surface area contributed by atoms with Crippen molar-refractivity contribution in [3.05, 3.63) is 12.3 Å². The maximum Gasteiger partial charge on any atom is -0.0176 e. The van der Waals surface area contributed by atoms with Gasteiger partial charge in [0, 0.05) is 0 Å². The van der Waals surface area contributed by atoms with Crippen LogP contribution in [0.3, 0.4) is 0 Å². The first-order valence-electron chi connectivity index (χ1n) is 5.66. The third-order valence-electron chi connectivity index (χ3n) is 3.46. The van der Waals surface area contributed by atoms with Gasteiger partial charge in [-0.15, -0.1) is 0 Å². The summed E-state index contributed by atoms with van der Waals surface area (Å²) in [6.07, 6.45) is 15.7. The van der Waals surface area contributed by atoms with Crippen LogP contribution in [0.1, 0.15) is 57.8 Å². The average Bonchev–Trinajstić information content (AvgIpc) is 2.21. The van der Waals surface area contributed by atoms with Crippen LogP contribution in [-0.4, -0.2) is 0 Å². The molecule has 0 saturated heterocycles. The molecule has 2 fully saturated rings. The number of rotatable bonds is 1. The van der Waals surface area contributed by atoms with Crippen molar-refractivity contribution in [2.75, 3.05) is 0 Å². The Kier molecular flexibility index (Phi) is 3.08. The van der Waals surface area contributed by atoms with Crippen LogP contribution in [0.5, 0.6) is 0 Å². The Balaban J connectivity index is 1.80. The fourth-order valence-corrected chi connectivity index (χ4v) is 2.71. The van der Waals surface area contributed by atoms with Crippen LogP contribution >= 0.6 is 0 Å². The Bertz CT molecular complexity index is 100. The van der Waals surface area contributed by atoms with Gasteiger partial charge in [0.25, 0.3) is 0 Å². The van der Waals surface area contributed by atoms with Crippen molar-refractivity contribution >= 4 is 0 Å². The van der Waals surface area contributed by atoms with E-state index in [-0.39, 0.29) is 0 Å². The van der Waals surface area contributed by atoms with E-state index in [9.17, 15) is 0 Å². The summed E-state index contributed by atoms with van der Waals surface area (Å²) in [6, 6.07) is 0. The Morgan fingerprint density at radius 3 is 2.42 bits per heavy atom. The van der Waals surface area contributed by atoms with E-state index in [4.69, 9.17) is 0 Å². The lowest BCUT2D eigenvalue weighted by atomic mass is 9.73. The highest BCUT2D eigenvalue weighted by Gasteiger charge is 2.25. The van der Waals surface area contributed by atoms with Gasteiger partial charge in [-0.2, -0.15) is 0 Å². The van der Waals surface area contributed by atoms with Gasteiger partial charge in [-0.1, -0.05) is 32.1 Å². The summed E-state index contributed by atoms with van der Waals surface area (Å²) < 4.78 is 0. The summed E-state index contributed by atoms with van der Waals surface area (Å²) in [5.41, 5.74) is 0. The van der Waals surface area contributed by atoms with Crippen molar-refractivity contribution in [2.24, 2.45) is 5.92 Å². The Morgan fingerprint density at radius 1 is 0.917 bits per heavy atom. The van der Waals surface area contributed by atoms with Crippen LogP contribution in [-0.2, 0) is 0 Å². The molecule has 0 nitrogen and oxygen atoms in total. The average molecular weight is 164 g/mol. The van der Waals surface area contributed by atoms with E-state index in [1.165, 1.54) is 57.8 Å². The third kappa shape index (κ3) is 2.02. The van der Waals surface area contributed by atoms with E-state index >= 15 is 0 Å². The van der Waals surface area contributed by atoms with Gasteiger partial charge >= 0.3 is 0 Å². The molecule has 2 aliphatic rings. The van der Waals surface area contributed by atoms with Gasteiger partial charge in [-0.05, 0) is 43.9 Å². The molecule has 0 spiro atoms. The molecule has 0 aromatic heterocycles. The highest BCUT2D eigenvalue weighted by molar-refractivity contribution is 5.10. The summed E-state index contributed by atoms with van der Waals surface area (Å²) in [5, 5.41) is 0. The minimum atomic E-state index is 0.999. The molecule has 0 atom stereocenters. The summed E-state index contributed by atoms with van der Waals surface area (Å²) in [4.78, 5) is 0. The smallest absolute Gasteiger partial charge is 0.0176 e. The lowest BCUT2D eigenvalue weighted by Gasteiger charge is -2.32. The van der Waals surface area contributed by atoms with Crippen molar-refractivity contribution in [1.82, 2.24) is 0 Å². The van der Waals surface area contributed by atoms with Gasteiger partial charge in [0.1, 0.15) is 0 Å². The van der Waals surface area contributed by atoms with Gasteiger partial charge in [-0.3, -0.25) is 0 Å². The molecule has 0 unspecified atom stereocenters. The molecule has 2 saturated carbocycles. The highest BCUT2D eigenvalue weighted by Crippen LogP contribution is 2.38. The standard InChI is InChI=1S/C12H20/c1-3-7-11(8-4-1)12-9-5-2-6-10-12/h7,12H,1-6,8-10H2. The normalized spacial score (nSPS) is 29.0. The van der Waals surface area contributed by atoms with E-state index in [2.05, 4.69) is 6.42 Å². The Morgan fingerprint density at radius 2 is 1.75 bits per heavy atom. The second kappa shape index (κ2) is 4.30. The SMILES string of the molecule is [CH]1CCCC[C]1C1CCCCC1. The van der Waals surface area contributed by atoms with Crippen molar-refractivity contribution in [1.29, 1.82) is 0 Å². The lowest BCUT2D eigenvalue weighted by molar-refractivity contribution is 0.348. The Hall–Kier alpha value is 0. The molecule has 2 radical (unpaired) electrons. The van der Waals surface area contributed by atoms with Gasteiger partial charge in [0.15, 0.2) is 0 Å². The zero-order chi connectivity index (χ0) is 8.23. The molecule has 0 heterocycles.